The van der Waals surface area contributed by atoms with Gasteiger partial charge in [-0.1, -0.05) is 0 Å². The predicted molar refractivity (Wildman–Crippen MR) is 60.6 cm³/mol. The summed E-state index contributed by atoms with van der Waals surface area (Å²) in [7, 11) is 0. The van der Waals surface area contributed by atoms with Gasteiger partial charge in [0.1, 0.15) is 24.5 Å². The molecule has 0 spiro atoms. The molecule has 5 heteroatoms. The number of nitrogens with zero attached hydrogens (tertiary/aromatic N) is 1. The zero-order valence-electron chi connectivity index (χ0n) is 7.99. The number of thiophene rings is 1. The van der Waals surface area contributed by atoms with Crippen LogP contribution in [0.4, 0.5) is 0 Å². The van der Waals surface area contributed by atoms with Crippen LogP contribution in [-0.4, -0.2) is 11.6 Å². The maximum Gasteiger partial charge on any atom is 0.205 e. The van der Waals surface area contributed by atoms with E-state index >= 15 is 0 Å². The Kier molecular flexibility index (Phi) is 2.10. The van der Waals surface area contributed by atoms with Gasteiger partial charge in [-0.05, 0) is 22.9 Å². The maximum absolute atomic E-state index is 5.58. The minimum absolute atomic E-state index is 0.134. The third-order valence-electron chi connectivity index (χ3n) is 2.44. The highest BCUT2D eigenvalue weighted by atomic mass is 79.9. The molecule has 15 heavy (non-hydrogen) atoms. The molecule has 0 saturated carbocycles. The fourth-order valence-electron chi connectivity index (χ4n) is 1.73. The Morgan fingerprint density at radius 1 is 1.60 bits per heavy atom. The van der Waals surface area contributed by atoms with Gasteiger partial charge in [0.05, 0.1) is 9.48 Å². The van der Waals surface area contributed by atoms with Gasteiger partial charge in [0.2, 0.25) is 5.89 Å². The van der Waals surface area contributed by atoms with E-state index in [1.165, 1.54) is 5.56 Å². The van der Waals surface area contributed by atoms with E-state index in [1.807, 2.05) is 12.3 Å². The van der Waals surface area contributed by atoms with Crippen LogP contribution in [0.15, 0.2) is 19.8 Å². The third-order valence-corrected chi connectivity index (χ3v) is 4.18. The van der Waals surface area contributed by atoms with E-state index in [9.17, 15) is 0 Å². The molecule has 1 unspecified atom stereocenters. The first kappa shape index (κ1) is 9.42. The first-order chi connectivity index (χ1) is 7.25. The Bertz CT molecular complexity index is 505. The minimum Gasteiger partial charge on any atom is -0.491 e. The van der Waals surface area contributed by atoms with Gasteiger partial charge in [-0.2, -0.15) is 0 Å². The number of halogens is 1. The topological polar surface area (TPSA) is 35.3 Å². The highest BCUT2D eigenvalue weighted by Crippen LogP contribution is 2.45. The summed E-state index contributed by atoms with van der Waals surface area (Å²) in [6, 6.07) is 0. The Morgan fingerprint density at radius 3 is 3.20 bits per heavy atom. The zero-order chi connectivity index (χ0) is 10.4. The number of ether oxygens (including phenoxy) is 1. The zero-order valence-corrected chi connectivity index (χ0v) is 10.4. The van der Waals surface area contributed by atoms with Gasteiger partial charge in [0.25, 0.3) is 0 Å². The number of oxazole rings is 1. The molecule has 3 rings (SSSR count). The van der Waals surface area contributed by atoms with Crippen LogP contribution in [0.1, 0.15) is 23.1 Å². The standard InChI is InChI=1S/C10H8BrNO2S/c1-5-2-14-10(12-5)6-3-13-7-4-15-9(11)8(6)7/h2,4,6H,3H2,1H3. The molecular weight excluding hydrogens is 278 g/mol. The van der Waals surface area contributed by atoms with E-state index in [1.54, 1.807) is 17.6 Å². The number of aryl methyl sites for hydroxylation is 1. The lowest BCUT2D eigenvalue weighted by atomic mass is 10.1. The molecule has 0 radical (unpaired) electrons. The number of hydrogen-bond acceptors (Lipinski definition) is 4. The van der Waals surface area contributed by atoms with Gasteiger partial charge in [0.15, 0.2) is 0 Å². The van der Waals surface area contributed by atoms with Crippen molar-refractivity contribution in [2.45, 2.75) is 12.8 Å². The lowest BCUT2D eigenvalue weighted by Gasteiger charge is -2.02. The van der Waals surface area contributed by atoms with Gasteiger partial charge < -0.3 is 9.15 Å². The molecule has 0 saturated heterocycles. The lowest BCUT2D eigenvalue weighted by Crippen LogP contribution is -2.03. The summed E-state index contributed by atoms with van der Waals surface area (Å²) in [5, 5.41) is 2.01. The summed E-state index contributed by atoms with van der Waals surface area (Å²) in [5.41, 5.74) is 2.08. The molecule has 2 aromatic rings. The monoisotopic (exact) mass is 285 g/mol. The first-order valence-electron chi connectivity index (χ1n) is 4.57. The minimum atomic E-state index is 0.134. The van der Waals surface area contributed by atoms with Gasteiger partial charge in [-0.25, -0.2) is 4.98 Å². The van der Waals surface area contributed by atoms with Gasteiger partial charge in [-0.15, -0.1) is 11.3 Å². The second-order valence-corrected chi connectivity index (χ2v) is 5.68. The number of fused-ring (bicyclic) bond motifs is 1. The normalized spacial score (nSPS) is 18.9. The molecule has 0 aliphatic carbocycles. The Balaban J connectivity index is 2.06. The van der Waals surface area contributed by atoms with E-state index in [0.29, 0.717) is 6.61 Å². The maximum atomic E-state index is 5.58. The quantitative estimate of drug-likeness (QED) is 0.806. The third kappa shape index (κ3) is 1.41. The van der Waals surface area contributed by atoms with Crippen LogP contribution in [0, 0.1) is 6.92 Å². The Labute approximate surface area is 99.2 Å². The van der Waals surface area contributed by atoms with Crippen molar-refractivity contribution >= 4 is 27.3 Å². The second kappa shape index (κ2) is 3.35. The van der Waals surface area contributed by atoms with E-state index in [-0.39, 0.29) is 5.92 Å². The van der Waals surface area contributed by atoms with Crippen molar-refractivity contribution < 1.29 is 9.15 Å². The molecule has 0 N–H and O–H groups in total. The lowest BCUT2D eigenvalue weighted by molar-refractivity contribution is 0.324. The average molecular weight is 286 g/mol. The molecular formula is C10H8BrNO2S. The van der Waals surface area contributed by atoms with Crippen LogP contribution in [-0.2, 0) is 0 Å². The molecule has 0 amide bonds. The van der Waals surface area contributed by atoms with E-state index in [0.717, 1.165) is 21.1 Å². The average Bonchev–Trinajstić information content (AvgIpc) is 2.84. The molecule has 0 aromatic carbocycles. The van der Waals surface area contributed by atoms with Crippen LogP contribution >= 0.6 is 27.3 Å². The Hall–Kier alpha value is -0.810. The summed E-state index contributed by atoms with van der Waals surface area (Å²) in [6.07, 6.45) is 1.67. The molecule has 1 aliphatic heterocycles. The highest BCUT2D eigenvalue weighted by Gasteiger charge is 2.32. The molecule has 0 bridgehead atoms. The van der Waals surface area contributed by atoms with Crippen molar-refractivity contribution in [1.82, 2.24) is 4.98 Å². The fraction of sp³-hybridized carbons (Fsp3) is 0.300. The van der Waals surface area contributed by atoms with Crippen LogP contribution in [0.25, 0.3) is 0 Å². The van der Waals surface area contributed by atoms with E-state index in [4.69, 9.17) is 9.15 Å². The van der Waals surface area contributed by atoms with E-state index in [2.05, 4.69) is 20.9 Å². The van der Waals surface area contributed by atoms with Crippen molar-refractivity contribution in [3.63, 3.8) is 0 Å². The summed E-state index contributed by atoms with van der Waals surface area (Å²) >= 11 is 5.17. The van der Waals surface area contributed by atoms with E-state index < -0.39 is 0 Å². The van der Waals surface area contributed by atoms with Crippen LogP contribution in [0.3, 0.4) is 0 Å². The second-order valence-electron chi connectivity index (χ2n) is 3.48. The van der Waals surface area contributed by atoms with Crippen molar-refractivity contribution in [3.05, 3.63) is 32.6 Å². The molecule has 2 aromatic heterocycles. The molecule has 1 aliphatic rings. The van der Waals surface area contributed by atoms with Gasteiger partial charge in [0, 0.05) is 10.9 Å². The van der Waals surface area contributed by atoms with Crippen molar-refractivity contribution in [2.24, 2.45) is 0 Å². The number of aromatic nitrogens is 1. The van der Waals surface area contributed by atoms with Gasteiger partial charge in [-0.3, -0.25) is 0 Å². The summed E-state index contributed by atoms with van der Waals surface area (Å²) < 4.78 is 12.1. The van der Waals surface area contributed by atoms with Crippen molar-refractivity contribution in [3.8, 4) is 5.75 Å². The molecule has 78 valence electrons. The summed E-state index contributed by atoms with van der Waals surface area (Å²) in [6.45, 7) is 2.54. The number of hydrogen-bond donors (Lipinski definition) is 0. The van der Waals surface area contributed by atoms with Crippen molar-refractivity contribution in [1.29, 1.82) is 0 Å². The largest absolute Gasteiger partial charge is 0.491 e. The smallest absolute Gasteiger partial charge is 0.205 e. The molecule has 3 heterocycles. The highest BCUT2D eigenvalue weighted by molar-refractivity contribution is 9.11. The van der Waals surface area contributed by atoms with Gasteiger partial charge >= 0.3 is 0 Å². The van der Waals surface area contributed by atoms with Crippen molar-refractivity contribution in [2.75, 3.05) is 6.61 Å². The molecule has 3 nitrogen and oxygen atoms in total. The predicted octanol–water partition coefficient (Wildman–Crippen LogP) is 3.33. The first-order valence-corrected chi connectivity index (χ1v) is 6.24. The summed E-state index contributed by atoms with van der Waals surface area (Å²) in [4.78, 5) is 4.35. The molecule has 1 atom stereocenters. The molecule has 0 fully saturated rings. The fourth-order valence-corrected chi connectivity index (χ4v) is 3.26. The van der Waals surface area contributed by atoms with Crippen LogP contribution in [0.5, 0.6) is 5.75 Å². The van der Waals surface area contributed by atoms with Crippen LogP contribution < -0.4 is 4.74 Å². The summed E-state index contributed by atoms with van der Waals surface area (Å²) in [5.74, 6) is 1.83. The van der Waals surface area contributed by atoms with Crippen LogP contribution in [0.2, 0.25) is 0 Å². The number of rotatable bonds is 1. The Morgan fingerprint density at radius 2 is 2.47 bits per heavy atom. The SMILES string of the molecule is Cc1coc(C2COc3csc(Br)c32)n1.